The second-order valence-electron chi connectivity index (χ2n) is 7.48. The molecule has 0 heterocycles. The van der Waals surface area contributed by atoms with E-state index in [0.29, 0.717) is 12.5 Å². The molecule has 0 aliphatic rings. The number of hydrogen-bond acceptors (Lipinski definition) is 3. The van der Waals surface area contributed by atoms with Crippen molar-refractivity contribution in [2.75, 3.05) is 19.6 Å². The van der Waals surface area contributed by atoms with Crippen molar-refractivity contribution in [3.63, 3.8) is 0 Å². The van der Waals surface area contributed by atoms with Gasteiger partial charge in [-0.15, -0.1) is 24.0 Å². The van der Waals surface area contributed by atoms with E-state index in [1.165, 1.54) is 0 Å². The minimum atomic E-state index is -0.503. The largest absolute Gasteiger partial charge is 0.444 e. The number of ether oxygens (including phenoxy) is 1. The van der Waals surface area contributed by atoms with Crippen molar-refractivity contribution in [3.05, 3.63) is 0 Å². The maximum absolute atomic E-state index is 11.8. The summed E-state index contributed by atoms with van der Waals surface area (Å²) >= 11 is 0. The number of carbonyl (C=O) groups excluding carboxylic acids is 1. The first kappa shape index (κ1) is 24.5. The molecule has 7 heteroatoms. The van der Waals surface area contributed by atoms with Crippen LogP contribution >= 0.6 is 24.0 Å². The molecule has 0 spiro atoms. The van der Waals surface area contributed by atoms with Crippen molar-refractivity contribution in [2.24, 2.45) is 10.9 Å². The molecule has 0 bridgehead atoms. The topological polar surface area (TPSA) is 74.8 Å². The Morgan fingerprint density at radius 3 is 2.13 bits per heavy atom. The van der Waals surface area contributed by atoms with E-state index in [-0.39, 0.29) is 24.0 Å². The van der Waals surface area contributed by atoms with Gasteiger partial charge in [0.25, 0.3) is 0 Å². The van der Waals surface area contributed by atoms with Gasteiger partial charge in [-0.3, -0.25) is 4.99 Å². The van der Waals surface area contributed by atoms with Crippen molar-refractivity contribution >= 4 is 36.0 Å². The summed E-state index contributed by atoms with van der Waals surface area (Å²) in [6, 6.07) is 0. The van der Waals surface area contributed by atoms with Gasteiger partial charge in [-0.05, 0) is 47.5 Å². The molecule has 0 aromatic carbocycles. The number of guanidine groups is 1. The standard InChI is InChI=1S/C16H34N4O2.HI/c1-9-17-13(18-10-12(2)3)19-11-16(7,8)20-14(21)22-15(4,5)6;/h12H,9-11H2,1-8H3,(H,20,21)(H2,17,18,19);1H. The molecule has 0 unspecified atom stereocenters. The molecule has 138 valence electrons. The predicted molar refractivity (Wildman–Crippen MR) is 108 cm³/mol. The number of nitrogens with zero attached hydrogens (tertiary/aromatic N) is 1. The lowest BCUT2D eigenvalue weighted by Gasteiger charge is -2.27. The maximum Gasteiger partial charge on any atom is 0.408 e. The highest BCUT2D eigenvalue weighted by Crippen LogP contribution is 2.09. The molecule has 23 heavy (non-hydrogen) atoms. The van der Waals surface area contributed by atoms with Gasteiger partial charge in [-0.2, -0.15) is 0 Å². The fourth-order valence-corrected chi connectivity index (χ4v) is 1.54. The van der Waals surface area contributed by atoms with Gasteiger partial charge >= 0.3 is 6.09 Å². The lowest BCUT2D eigenvalue weighted by molar-refractivity contribution is 0.0476. The van der Waals surface area contributed by atoms with E-state index in [1.54, 1.807) is 0 Å². The second-order valence-corrected chi connectivity index (χ2v) is 7.48. The second kappa shape index (κ2) is 10.9. The predicted octanol–water partition coefficient (Wildman–Crippen LogP) is 3.12. The number of nitrogens with one attached hydrogen (secondary N) is 3. The Balaban J connectivity index is 0. The Labute approximate surface area is 158 Å². The number of aliphatic imine (C=N–C) groups is 1. The molecule has 0 aliphatic heterocycles. The van der Waals surface area contributed by atoms with Crippen molar-refractivity contribution < 1.29 is 9.53 Å². The highest BCUT2D eigenvalue weighted by Gasteiger charge is 2.24. The van der Waals surface area contributed by atoms with Gasteiger partial charge in [-0.25, -0.2) is 4.79 Å². The van der Waals surface area contributed by atoms with Gasteiger partial charge < -0.3 is 20.7 Å². The van der Waals surface area contributed by atoms with Gasteiger partial charge in [0.05, 0.1) is 12.1 Å². The van der Waals surface area contributed by atoms with E-state index in [0.717, 1.165) is 19.0 Å². The van der Waals surface area contributed by atoms with Crippen LogP contribution in [0.5, 0.6) is 0 Å². The summed E-state index contributed by atoms with van der Waals surface area (Å²) in [5.41, 5.74) is -0.986. The summed E-state index contributed by atoms with van der Waals surface area (Å²) in [6.45, 7) is 17.8. The van der Waals surface area contributed by atoms with Crippen LogP contribution in [0.3, 0.4) is 0 Å². The van der Waals surface area contributed by atoms with E-state index in [4.69, 9.17) is 4.74 Å². The van der Waals surface area contributed by atoms with Crippen LogP contribution in [0.4, 0.5) is 4.79 Å². The van der Waals surface area contributed by atoms with E-state index >= 15 is 0 Å². The number of amides is 1. The van der Waals surface area contributed by atoms with Crippen LogP contribution < -0.4 is 16.0 Å². The van der Waals surface area contributed by atoms with Gasteiger partial charge in [0.2, 0.25) is 0 Å². The Hall–Kier alpha value is -0.730. The monoisotopic (exact) mass is 442 g/mol. The summed E-state index contributed by atoms with van der Waals surface area (Å²) in [5, 5.41) is 9.33. The molecule has 0 rings (SSSR count). The van der Waals surface area contributed by atoms with Crippen LogP contribution in [0.2, 0.25) is 0 Å². The number of rotatable bonds is 6. The van der Waals surface area contributed by atoms with Crippen molar-refractivity contribution in [3.8, 4) is 0 Å². The molecular weight excluding hydrogens is 407 g/mol. The molecule has 0 aromatic rings. The Bertz CT molecular complexity index is 377. The third-order valence-corrected chi connectivity index (χ3v) is 2.49. The molecule has 0 radical (unpaired) electrons. The average Bonchev–Trinajstić information content (AvgIpc) is 2.29. The van der Waals surface area contributed by atoms with Crippen molar-refractivity contribution in [1.82, 2.24) is 16.0 Å². The molecular formula is C16H35IN4O2. The van der Waals surface area contributed by atoms with Crippen LogP contribution in [-0.4, -0.2) is 42.8 Å². The van der Waals surface area contributed by atoms with Crippen LogP contribution in [0.15, 0.2) is 4.99 Å². The molecule has 6 nitrogen and oxygen atoms in total. The quantitative estimate of drug-likeness (QED) is 0.336. The zero-order valence-electron chi connectivity index (χ0n) is 15.9. The molecule has 0 aliphatic carbocycles. The van der Waals surface area contributed by atoms with Gasteiger partial charge in [0, 0.05) is 13.1 Å². The first-order valence-electron chi connectivity index (χ1n) is 7.98. The van der Waals surface area contributed by atoms with Crippen LogP contribution in [0, 0.1) is 5.92 Å². The molecule has 0 atom stereocenters. The SMILES string of the molecule is CCNC(=NCC(C)(C)NC(=O)OC(C)(C)C)NCC(C)C.I. The minimum Gasteiger partial charge on any atom is -0.444 e. The molecule has 3 N–H and O–H groups in total. The van der Waals surface area contributed by atoms with Crippen molar-refractivity contribution in [1.29, 1.82) is 0 Å². The fraction of sp³-hybridized carbons (Fsp3) is 0.875. The average molecular weight is 442 g/mol. The number of halogens is 1. The normalized spacial score (nSPS) is 12.5. The first-order valence-corrected chi connectivity index (χ1v) is 7.98. The number of hydrogen-bond donors (Lipinski definition) is 3. The zero-order valence-corrected chi connectivity index (χ0v) is 18.2. The summed E-state index contributed by atoms with van der Waals surface area (Å²) in [6.07, 6.45) is -0.423. The molecule has 0 aromatic heterocycles. The number of carbonyl (C=O) groups is 1. The smallest absolute Gasteiger partial charge is 0.408 e. The molecule has 0 fully saturated rings. The first-order chi connectivity index (χ1) is 9.95. The lowest BCUT2D eigenvalue weighted by atomic mass is 10.1. The highest BCUT2D eigenvalue weighted by molar-refractivity contribution is 14.0. The number of alkyl carbamates (subject to hydrolysis) is 1. The maximum atomic E-state index is 11.8. The van der Waals surface area contributed by atoms with E-state index < -0.39 is 17.2 Å². The molecule has 0 saturated carbocycles. The molecule has 1 amide bonds. The lowest BCUT2D eigenvalue weighted by Crippen LogP contribution is -2.49. The highest BCUT2D eigenvalue weighted by atomic mass is 127. The van der Waals surface area contributed by atoms with Gasteiger partial charge in [0.1, 0.15) is 5.60 Å². The zero-order chi connectivity index (χ0) is 17.4. The summed E-state index contributed by atoms with van der Waals surface area (Å²) < 4.78 is 5.28. The van der Waals surface area contributed by atoms with Gasteiger partial charge in [-0.1, -0.05) is 13.8 Å². The summed E-state index contributed by atoms with van der Waals surface area (Å²) in [7, 11) is 0. The van der Waals surface area contributed by atoms with Crippen LogP contribution in [-0.2, 0) is 4.74 Å². The van der Waals surface area contributed by atoms with Crippen LogP contribution in [0.1, 0.15) is 55.4 Å². The summed E-state index contributed by atoms with van der Waals surface area (Å²) in [4.78, 5) is 16.4. The van der Waals surface area contributed by atoms with E-state index in [2.05, 4.69) is 34.8 Å². The third kappa shape index (κ3) is 14.6. The Morgan fingerprint density at radius 1 is 1.13 bits per heavy atom. The minimum absolute atomic E-state index is 0. The fourth-order valence-electron chi connectivity index (χ4n) is 1.54. The Morgan fingerprint density at radius 2 is 1.70 bits per heavy atom. The van der Waals surface area contributed by atoms with Crippen LogP contribution in [0.25, 0.3) is 0 Å². The van der Waals surface area contributed by atoms with Crippen molar-refractivity contribution in [2.45, 2.75) is 66.5 Å². The van der Waals surface area contributed by atoms with E-state index in [1.807, 2.05) is 41.5 Å². The van der Waals surface area contributed by atoms with E-state index in [9.17, 15) is 4.79 Å². The van der Waals surface area contributed by atoms with Gasteiger partial charge in [0.15, 0.2) is 5.96 Å². The third-order valence-electron chi connectivity index (χ3n) is 2.49. The molecule has 0 saturated heterocycles. The summed E-state index contributed by atoms with van der Waals surface area (Å²) in [5.74, 6) is 1.30. The Kier molecular flexibility index (Phi) is 11.7.